The molecule has 0 aliphatic carbocycles. The second-order valence-corrected chi connectivity index (χ2v) is 7.16. The Balaban J connectivity index is 1.83. The minimum absolute atomic E-state index is 0.139. The van der Waals surface area contributed by atoms with E-state index in [1.807, 2.05) is 0 Å². The van der Waals surface area contributed by atoms with Crippen molar-refractivity contribution in [1.29, 1.82) is 0 Å². The highest BCUT2D eigenvalue weighted by atomic mass is 32.2. The lowest BCUT2D eigenvalue weighted by Gasteiger charge is -2.12. The van der Waals surface area contributed by atoms with Gasteiger partial charge in [0.25, 0.3) is 16.8 Å². The summed E-state index contributed by atoms with van der Waals surface area (Å²) in [5.74, 6) is 0.498. The molecule has 0 N–H and O–H groups in total. The summed E-state index contributed by atoms with van der Waals surface area (Å²) < 4.78 is 10.8. The number of nitro groups is 1. The molecule has 8 nitrogen and oxygen atoms in total. The Labute approximate surface area is 176 Å². The van der Waals surface area contributed by atoms with Gasteiger partial charge in [0.1, 0.15) is 6.61 Å². The van der Waals surface area contributed by atoms with Gasteiger partial charge in [0.05, 0.1) is 23.5 Å². The van der Waals surface area contributed by atoms with Crippen molar-refractivity contribution in [1.82, 2.24) is 4.90 Å². The SMILES string of the molecule is C=CCOc1ccc(/C=C2\SC(=O)N(Cc3ccccc3[N+](=O)[O-])C2=O)cc1OC. The first-order valence-corrected chi connectivity index (χ1v) is 9.65. The summed E-state index contributed by atoms with van der Waals surface area (Å²) in [6, 6.07) is 11.1. The third kappa shape index (κ3) is 4.52. The molecule has 0 unspecified atom stereocenters. The Morgan fingerprint density at radius 1 is 1.20 bits per heavy atom. The number of ether oxygens (including phenoxy) is 2. The van der Waals surface area contributed by atoms with Crippen molar-refractivity contribution in [3.63, 3.8) is 0 Å². The van der Waals surface area contributed by atoms with Crippen LogP contribution in [0.3, 0.4) is 0 Å². The zero-order chi connectivity index (χ0) is 21.7. The van der Waals surface area contributed by atoms with Crippen LogP contribution in [0.1, 0.15) is 11.1 Å². The van der Waals surface area contributed by atoms with Crippen LogP contribution in [0.2, 0.25) is 0 Å². The van der Waals surface area contributed by atoms with Gasteiger partial charge in [-0.05, 0) is 35.5 Å². The van der Waals surface area contributed by atoms with Crippen molar-refractivity contribution in [3.05, 3.63) is 81.3 Å². The summed E-state index contributed by atoms with van der Waals surface area (Å²) in [7, 11) is 1.50. The van der Waals surface area contributed by atoms with Crippen LogP contribution in [0.25, 0.3) is 6.08 Å². The van der Waals surface area contributed by atoms with E-state index in [1.165, 1.54) is 25.3 Å². The van der Waals surface area contributed by atoms with Crippen LogP contribution in [0, 0.1) is 10.1 Å². The average molecular weight is 426 g/mol. The lowest BCUT2D eigenvalue weighted by Crippen LogP contribution is -2.27. The summed E-state index contributed by atoms with van der Waals surface area (Å²) >= 11 is 0.785. The molecule has 30 heavy (non-hydrogen) atoms. The second-order valence-electron chi connectivity index (χ2n) is 6.16. The number of nitrogens with zero attached hydrogens (tertiary/aromatic N) is 2. The number of thioether (sulfide) groups is 1. The molecule has 1 fully saturated rings. The lowest BCUT2D eigenvalue weighted by molar-refractivity contribution is -0.385. The zero-order valence-corrected chi connectivity index (χ0v) is 16.9. The first-order valence-electron chi connectivity index (χ1n) is 8.84. The quantitative estimate of drug-likeness (QED) is 0.267. The molecule has 0 radical (unpaired) electrons. The molecule has 2 aromatic carbocycles. The summed E-state index contributed by atoms with van der Waals surface area (Å²) in [5.41, 5.74) is 0.797. The average Bonchev–Trinajstić information content (AvgIpc) is 3.00. The summed E-state index contributed by atoms with van der Waals surface area (Å²) in [4.78, 5) is 37.0. The fourth-order valence-electron chi connectivity index (χ4n) is 2.82. The largest absolute Gasteiger partial charge is 0.493 e. The van der Waals surface area contributed by atoms with Crippen molar-refractivity contribution in [2.45, 2.75) is 6.54 Å². The molecule has 2 aromatic rings. The lowest BCUT2D eigenvalue weighted by atomic mass is 10.1. The maximum atomic E-state index is 12.7. The van der Waals surface area contributed by atoms with E-state index >= 15 is 0 Å². The first-order chi connectivity index (χ1) is 14.4. The van der Waals surface area contributed by atoms with Crippen LogP contribution < -0.4 is 9.47 Å². The number of carbonyl (C=O) groups excluding carboxylic acids is 2. The van der Waals surface area contributed by atoms with Crippen LogP contribution in [0.15, 0.2) is 60.0 Å². The number of nitro benzene ring substituents is 1. The molecule has 154 valence electrons. The maximum Gasteiger partial charge on any atom is 0.293 e. The molecule has 0 aromatic heterocycles. The van der Waals surface area contributed by atoms with Crippen molar-refractivity contribution in [2.24, 2.45) is 0 Å². The molecule has 1 aliphatic heterocycles. The summed E-state index contributed by atoms with van der Waals surface area (Å²) in [6.45, 7) is 3.75. The van der Waals surface area contributed by atoms with E-state index in [-0.39, 0.29) is 22.7 Å². The van der Waals surface area contributed by atoms with E-state index in [0.717, 1.165) is 16.7 Å². The minimum Gasteiger partial charge on any atom is -0.493 e. The third-order valence-corrected chi connectivity index (χ3v) is 5.14. The van der Waals surface area contributed by atoms with Crippen molar-refractivity contribution < 1.29 is 24.0 Å². The molecule has 3 rings (SSSR count). The molecule has 0 saturated carbocycles. The van der Waals surface area contributed by atoms with Gasteiger partial charge in [-0.2, -0.15) is 0 Å². The first kappa shape index (κ1) is 21.1. The molecule has 0 bridgehead atoms. The summed E-state index contributed by atoms with van der Waals surface area (Å²) in [5, 5.41) is 10.7. The van der Waals surface area contributed by atoms with E-state index in [1.54, 1.807) is 36.4 Å². The zero-order valence-electron chi connectivity index (χ0n) is 16.1. The van der Waals surface area contributed by atoms with E-state index in [0.29, 0.717) is 23.7 Å². The standard InChI is InChI=1S/C21H18N2O6S/c1-3-10-29-17-9-8-14(11-18(17)28-2)12-19-20(24)22(21(25)30-19)13-15-6-4-5-7-16(15)23(26)27/h3-9,11-12H,1,10,13H2,2H3/b19-12-. The smallest absolute Gasteiger partial charge is 0.293 e. The van der Waals surface area contributed by atoms with E-state index in [4.69, 9.17) is 9.47 Å². The number of amides is 2. The van der Waals surface area contributed by atoms with E-state index < -0.39 is 16.1 Å². The Morgan fingerprint density at radius 3 is 2.67 bits per heavy atom. The van der Waals surface area contributed by atoms with Gasteiger partial charge in [-0.25, -0.2) is 0 Å². The van der Waals surface area contributed by atoms with Gasteiger partial charge in [-0.15, -0.1) is 0 Å². The van der Waals surface area contributed by atoms with Gasteiger partial charge in [0, 0.05) is 11.6 Å². The van der Waals surface area contributed by atoms with Crippen LogP contribution in [-0.4, -0.2) is 34.7 Å². The van der Waals surface area contributed by atoms with Gasteiger partial charge >= 0.3 is 0 Å². The minimum atomic E-state index is -0.535. The monoisotopic (exact) mass is 426 g/mol. The predicted molar refractivity (Wildman–Crippen MR) is 113 cm³/mol. The molecule has 1 heterocycles. The normalized spacial score (nSPS) is 14.8. The van der Waals surface area contributed by atoms with E-state index in [2.05, 4.69) is 6.58 Å². The van der Waals surface area contributed by atoms with Gasteiger partial charge in [-0.3, -0.25) is 24.6 Å². The number of hydrogen-bond donors (Lipinski definition) is 0. The van der Waals surface area contributed by atoms with Gasteiger partial charge in [0.2, 0.25) is 0 Å². The van der Waals surface area contributed by atoms with E-state index in [9.17, 15) is 19.7 Å². The summed E-state index contributed by atoms with van der Waals surface area (Å²) in [6.07, 6.45) is 3.19. The van der Waals surface area contributed by atoms with Crippen LogP contribution in [-0.2, 0) is 11.3 Å². The Hall–Kier alpha value is -3.59. The molecule has 1 aliphatic rings. The predicted octanol–water partition coefficient (Wildman–Crippen LogP) is 4.40. The molecule has 2 amide bonds. The fraction of sp³-hybridized carbons (Fsp3) is 0.143. The molecular formula is C21H18N2O6S. The van der Waals surface area contributed by atoms with Crippen LogP contribution >= 0.6 is 11.8 Å². The highest BCUT2D eigenvalue weighted by molar-refractivity contribution is 8.18. The number of carbonyl (C=O) groups is 2. The Kier molecular flexibility index (Phi) is 6.53. The molecule has 0 atom stereocenters. The number of rotatable bonds is 8. The fourth-order valence-corrected chi connectivity index (χ4v) is 3.66. The third-order valence-electron chi connectivity index (χ3n) is 4.23. The molecule has 1 saturated heterocycles. The molecule has 9 heteroatoms. The molecule has 0 spiro atoms. The van der Waals surface area contributed by atoms with Gasteiger partial charge < -0.3 is 9.47 Å². The van der Waals surface area contributed by atoms with Crippen LogP contribution in [0.4, 0.5) is 10.5 Å². The number of hydrogen-bond acceptors (Lipinski definition) is 7. The topological polar surface area (TPSA) is 99.0 Å². The van der Waals surface area contributed by atoms with Gasteiger partial charge in [0.15, 0.2) is 11.5 Å². The maximum absolute atomic E-state index is 12.7. The number of imide groups is 1. The number of benzene rings is 2. The second kappa shape index (κ2) is 9.27. The van der Waals surface area contributed by atoms with Crippen molar-refractivity contribution in [3.8, 4) is 11.5 Å². The highest BCUT2D eigenvalue weighted by Gasteiger charge is 2.36. The Bertz CT molecular complexity index is 1050. The highest BCUT2D eigenvalue weighted by Crippen LogP contribution is 2.36. The molecular weight excluding hydrogens is 408 g/mol. The number of para-hydroxylation sites is 1. The Morgan fingerprint density at radius 2 is 1.97 bits per heavy atom. The number of methoxy groups -OCH3 is 1. The van der Waals surface area contributed by atoms with Crippen molar-refractivity contribution >= 4 is 34.7 Å². The van der Waals surface area contributed by atoms with Gasteiger partial charge in [-0.1, -0.05) is 36.9 Å². The van der Waals surface area contributed by atoms with Crippen molar-refractivity contribution in [2.75, 3.05) is 13.7 Å². The van der Waals surface area contributed by atoms with Crippen LogP contribution in [0.5, 0.6) is 11.5 Å².